The maximum absolute atomic E-state index is 12.8. The smallest absolute Gasteiger partial charge is 0.340 e. The molecule has 156 valence electrons. The summed E-state index contributed by atoms with van der Waals surface area (Å²) in [4.78, 5) is 17.4. The fourth-order valence-electron chi connectivity index (χ4n) is 3.16. The van der Waals surface area contributed by atoms with E-state index in [-0.39, 0.29) is 5.97 Å². The van der Waals surface area contributed by atoms with Gasteiger partial charge in [0, 0.05) is 10.6 Å². The van der Waals surface area contributed by atoms with E-state index in [9.17, 15) is 4.79 Å². The van der Waals surface area contributed by atoms with Gasteiger partial charge in [0.15, 0.2) is 0 Å². The predicted molar refractivity (Wildman–Crippen MR) is 124 cm³/mol. The number of hydrogen-bond acceptors (Lipinski definition) is 4. The normalized spacial score (nSPS) is 11.3. The minimum atomic E-state index is -0.562. The first-order valence-corrected chi connectivity index (χ1v) is 10.4. The molecule has 0 fully saturated rings. The molecule has 0 bridgehead atoms. The fourth-order valence-corrected chi connectivity index (χ4v) is 3.35. The van der Waals surface area contributed by atoms with Crippen LogP contribution in [0.25, 0.3) is 11.3 Å². The molecule has 1 aromatic heterocycles. The van der Waals surface area contributed by atoms with Crippen molar-refractivity contribution in [3.05, 3.63) is 76.4 Å². The number of rotatable bonds is 5. The van der Waals surface area contributed by atoms with Crippen LogP contribution in [-0.4, -0.2) is 16.6 Å². The first-order chi connectivity index (χ1) is 14.2. The van der Waals surface area contributed by atoms with E-state index in [1.165, 1.54) is 0 Å². The van der Waals surface area contributed by atoms with Crippen LogP contribution >= 0.6 is 11.6 Å². The van der Waals surface area contributed by atoms with Crippen molar-refractivity contribution in [3.8, 4) is 11.3 Å². The Bertz CT molecular complexity index is 1070. The van der Waals surface area contributed by atoms with E-state index in [1.807, 2.05) is 76.2 Å². The SMILES string of the molecule is CCc1ccc(Nc2cnc(-c3cccc(Cl)c3)c(C)c2)c(C(=O)OC(C)(C)C)c1. The summed E-state index contributed by atoms with van der Waals surface area (Å²) in [5, 5.41) is 4.01. The number of anilines is 2. The molecule has 0 aliphatic rings. The molecular formula is C25H27ClN2O2. The van der Waals surface area contributed by atoms with Crippen LogP contribution in [0.15, 0.2) is 54.7 Å². The van der Waals surface area contributed by atoms with Gasteiger partial charge >= 0.3 is 5.97 Å². The first-order valence-electron chi connectivity index (χ1n) is 10.0. The molecule has 0 saturated heterocycles. The Labute approximate surface area is 183 Å². The summed E-state index contributed by atoms with van der Waals surface area (Å²) in [5.74, 6) is -0.347. The Morgan fingerprint density at radius 3 is 2.53 bits per heavy atom. The lowest BCUT2D eigenvalue weighted by Gasteiger charge is -2.21. The summed E-state index contributed by atoms with van der Waals surface area (Å²) in [6.45, 7) is 9.66. The van der Waals surface area contributed by atoms with Gasteiger partial charge in [0.1, 0.15) is 5.60 Å². The molecule has 0 spiro atoms. The molecule has 1 N–H and O–H groups in total. The summed E-state index contributed by atoms with van der Waals surface area (Å²) in [5.41, 5.74) is 5.36. The van der Waals surface area contributed by atoms with Crippen LogP contribution in [0, 0.1) is 6.92 Å². The Balaban J connectivity index is 1.92. The zero-order valence-corrected chi connectivity index (χ0v) is 18.8. The standard InChI is InChI=1S/C25H27ClN2O2/c1-6-17-10-11-22(21(13-17)24(29)30-25(3,4)5)28-20-12-16(2)23(27-15-20)18-8-7-9-19(26)14-18/h7-15,28H,6H2,1-5H3. The monoisotopic (exact) mass is 422 g/mol. The summed E-state index contributed by atoms with van der Waals surface area (Å²) in [6, 6.07) is 15.5. The summed E-state index contributed by atoms with van der Waals surface area (Å²) in [7, 11) is 0. The van der Waals surface area contributed by atoms with E-state index >= 15 is 0 Å². The maximum Gasteiger partial charge on any atom is 0.340 e. The molecule has 0 amide bonds. The van der Waals surface area contributed by atoms with Gasteiger partial charge in [-0.15, -0.1) is 0 Å². The van der Waals surface area contributed by atoms with Crippen LogP contribution in [0.4, 0.5) is 11.4 Å². The van der Waals surface area contributed by atoms with Crippen LogP contribution in [0.3, 0.4) is 0 Å². The lowest BCUT2D eigenvalue weighted by Crippen LogP contribution is -2.24. The average Bonchev–Trinajstić information content (AvgIpc) is 2.67. The molecule has 1 heterocycles. The predicted octanol–water partition coefficient (Wildman–Crippen LogP) is 6.97. The molecule has 0 aliphatic heterocycles. The van der Waals surface area contributed by atoms with Crippen LogP contribution in [0.2, 0.25) is 5.02 Å². The molecule has 0 atom stereocenters. The van der Waals surface area contributed by atoms with Crippen molar-refractivity contribution in [1.82, 2.24) is 4.98 Å². The van der Waals surface area contributed by atoms with Crippen LogP contribution in [0.1, 0.15) is 49.2 Å². The second kappa shape index (κ2) is 8.88. The second-order valence-electron chi connectivity index (χ2n) is 8.26. The second-order valence-corrected chi connectivity index (χ2v) is 8.70. The van der Waals surface area contributed by atoms with Crippen LogP contribution in [-0.2, 0) is 11.2 Å². The highest BCUT2D eigenvalue weighted by Gasteiger charge is 2.21. The number of halogens is 1. The minimum absolute atomic E-state index is 0.347. The van der Waals surface area contributed by atoms with Gasteiger partial charge in [0.2, 0.25) is 0 Å². The molecule has 4 nitrogen and oxygen atoms in total. The van der Waals surface area contributed by atoms with Crippen molar-refractivity contribution in [2.24, 2.45) is 0 Å². The molecule has 30 heavy (non-hydrogen) atoms. The van der Waals surface area contributed by atoms with Crippen LogP contribution in [0.5, 0.6) is 0 Å². The van der Waals surface area contributed by atoms with Crippen molar-refractivity contribution >= 4 is 28.9 Å². The Hall–Kier alpha value is -2.85. The van der Waals surface area contributed by atoms with Gasteiger partial charge in [0.25, 0.3) is 0 Å². The van der Waals surface area contributed by atoms with E-state index in [4.69, 9.17) is 16.3 Å². The zero-order chi connectivity index (χ0) is 21.9. The number of carbonyl (C=O) groups excluding carboxylic acids is 1. The summed E-state index contributed by atoms with van der Waals surface area (Å²) < 4.78 is 5.61. The molecule has 0 aliphatic carbocycles. The third-order valence-corrected chi connectivity index (χ3v) is 4.80. The molecule has 2 aromatic carbocycles. The number of pyridine rings is 1. The fraction of sp³-hybridized carbons (Fsp3) is 0.280. The van der Waals surface area contributed by atoms with Gasteiger partial charge in [-0.2, -0.15) is 0 Å². The topological polar surface area (TPSA) is 51.2 Å². The minimum Gasteiger partial charge on any atom is -0.456 e. The van der Waals surface area contributed by atoms with Gasteiger partial charge < -0.3 is 10.1 Å². The number of nitrogens with one attached hydrogen (secondary N) is 1. The largest absolute Gasteiger partial charge is 0.456 e. The van der Waals surface area contributed by atoms with Crippen molar-refractivity contribution in [1.29, 1.82) is 0 Å². The molecular weight excluding hydrogens is 396 g/mol. The highest BCUT2D eigenvalue weighted by Crippen LogP contribution is 2.29. The number of nitrogens with zero attached hydrogens (tertiary/aromatic N) is 1. The van der Waals surface area contributed by atoms with Crippen molar-refractivity contribution < 1.29 is 9.53 Å². The van der Waals surface area contributed by atoms with Crippen molar-refractivity contribution in [3.63, 3.8) is 0 Å². The average molecular weight is 423 g/mol. The molecule has 3 aromatic rings. The molecule has 5 heteroatoms. The number of hydrogen-bond donors (Lipinski definition) is 1. The van der Waals surface area contributed by atoms with Crippen LogP contribution < -0.4 is 5.32 Å². The third-order valence-electron chi connectivity index (χ3n) is 4.57. The lowest BCUT2D eigenvalue weighted by molar-refractivity contribution is 0.00706. The molecule has 0 radical (unpaired) electrons. The Morgan fingerprint density at radius 2 is 1.90 bits per heavy atom. The number of aryl methyl sites for hydroxylation is 2. The zero-order valence-electron chi connectivity index (χ0n) is 18.0. The van der Waals surface area contributed by atoms with E-state index in [0.29, 0.717) is 16.3 Å². The van der Waals surface area contributed by atoms with E-state index in [1.54, 1.807) is 6.20 Å². The van der Waals surface area contributed by atoms with Gasteiger partial charge in [-0.05, 0) is 75.6 Å². The molecule has 0 unspecified atom stereocenters. The quantitative estimate of drug-likeness (QED) is 0.451. The Morgan fingerprint density at radius 1 is 1.13 bits per heavy atom. The number of ether oxygens (including phenoxy) is 1. The van der Waals surface area contributed by atoms with E-state index < -0.39 is 5.60 Å². The van der Waals surface area contributed by atoms with Crippen molar-refractivity contribution in [2.45, 2.75) is 46.6 Å². The Kier molecular flexibility index (Phi) is 6.47. The third kappa shape index (κ3) is 5.39. The maximum atomic E-state index is 12.8. The van der Waals surface area contributed by atoms with Gasteiger partial charge in [0.05, 0.1) is 28.8 Å². The summed E-state index contributed by atoms with van der Waals surface area (Å²) >= 11 is 6.12. The lowest BCUT2D eigenvalue weighted by atomic mass is 10.0. The van der Waals surface area contributed by atoms with E-state index in [0.717, 1.165) is 34.5 Å². The number of benzene rings is 2. The molecule has 3 rings (SSSR count). The highest BCUT2D eigenvalue weighted by molar-refractivity contribution is 6.30. The highest BCUT2D eigenvalue weighted by atomic mass is 35.5. The van der Waals surface area contributed by atoms with Gasteiger partial charge in [-0.25, -0.2) is 4.79 Å². The molecule has 0 saturated carbocycles. The van der Waals surface area contributed by atoms with Gasteiger partial charge in [-0.1, -0.05) is 36.7 Å². The number of carbonyl (C=O) groups is 1. The number of aromatic nitrogens is 1. The van der Waals surface area contributed by atoms with Gasteiger partial charge in [-0.3, -0.25) is 4.98 Å². The number of esters is 1. The van der Waals surface area contributed by atoms with Crippen molar-refractivity contribution in [2.75, 3.05) is 5.32 Å². The van der Waals surface area contributed by atoms with E-state index in [2.05, 4.69) is 17.2 Å². The summed E-state index contributed by atoms with van der Waals surface area (Å²) in [6.07, 6.45) is 2.60. The first kappa shape index (κ1) is 21.8.